The third kappa shape index (κ3) is 3.26. The summed E-state index contributed by atoms with van der Waals surface area (Å²) in [4.78, 5) is 28.8. The number of hydrogen-bond donors (Lipinski definition) is 3. The van der Waals surface area contributed by atoms with E-state index in [1.165, 1.54) is 6.20 Å². The number of carbonyl (C=O) groups excluding carboxylic acids is 1. The zero-order valence-electron chi connectivity index (χ0n) is 10.0. The molecule has 2 rings (SSSR count). The van der Waals surface area contributed by atoms with Crippen molar-refractivity contribution in [2.45, 2.75) is 6.04 Å². The molecule has 0 bridgehead atoms. The molecule has 0 aliphatic rings. The van der Waals surface area contributed by atoms with E-state index in [0.717, 1.165) is 11.8 Å². The van der Waals surface area contributed by atoms with Crippen LogP contribution >= 0.6 is 0 Å². The van der Waals surface area contributed by atoms with Gasteiger partial charge < -0.3 is 15.4 Å². The van der Waals surface area contributed by atoms with Gasteiger partial charge in [0.1, 0.15) is 5.69 Å². The molecule has 2 aromatic rings. The molecule has 1 atom stereocenters. The number of aliphatic hydroxyl groups is 1. The minimum absolute atomic E-state index is 0.0916. The van der Waals surface area contributed by atoms with Gasteiger partial charge in [-0.05, 0) is 5.56 Å². The normalized spacial score (nSPS) is 11.8. The number of rotatable bonds is 4. The summed E-state index contributed by atoms with van der Waals surface area (Å²) in [5, 5.41) is 12.0. The number of aromatic nitrogens is 2. The first kappa shape index (κ1) is 13.0. The molecule has 19 heavy (non-hydrogen) atoms. The van der Waals surface area contributed by atoms with Gasteiger partial charge in [-0.15, -0.1) is 0 Å². The molecule has 1 aromatic heterocycles. The minimum atomic E-state index is -0.512. The molecule has 3 N–H and O–H groups in total. The van der Waals surface area contributed by atoms with Gasteiger partial charge in [0.25, 0.3) is 11.5 Å². The number of benzene rings is 1. The third-order valence-corrected chi connectivity index (χ3v) is 2.59. The zero-order valence-corrected chi connectivity index (χ0v) is 10.0. The van der Waals surface area contributed by atoms with E-state index in [9.17, 15) is 14.7 Å². The van der Waals surface area contributed by atoms with Gasteiger partial charge in [0.2, 0.25) is 0 Å². The fourth-order valence-electron chi connectivity index (χ4n) is 1.62. The Morgan fingerprint density at radius 1 is 1.37 bits per heavy atom. The lowest BCUT2D eigenvalue weighted by atomic mass is 10.1. The maximum Gasteiger partial charge on any atom is 0.271 e. The Hall–Kier alpha value is -2.47. The van der Waals surface area contributed by atoms with Gasteiger partial charge in [-0.1, -0.05) is 30.3 Å². The second kappa shape index (κ2) is 5.92. The summed E-state index contributed by atoms with van der Waals surface area (Å²) in [6.07, 6.45) is 2.27. The number of carbonyl (C=O) groups is 1. The average Bonchev–Trinajstić information content (AvgIpc) is 2.46. The molecule has 0 spiro atoms. The number of H-pyrrole nitrogens is 1. The van der Waals surface area contributed by atoms with E-state index < -0.39 is 11.9 Å². The van der Waals surface area contributed by atoms with Crippen LogP contribution in [0.3, 0.4) is 0 Å². The summed E-state index contributed by atoms with van der Waals surface area (Å²) < 4.78 is 0. The Kier molecular flexibility index (Phi) is 4.04. The largest absolute Gasteiger partial charge is 0.394 e. The van der Waals surface area contributed by atoms with Crippen molar-refractivity contribution < 1.29 is 9.90 Å². The van der Waals surface area contributed by atoms with Crippen LogP contribution in [0.4, 0.5) is 0 Å². The van der Waals surface area contributed by atoms with Gasteiger partial charge in [0, 0.05) is 6.20 Å². The van der Waals surface area contributed by atoms with Crippen LogP contribution in [0.15, 0.2) is 47.5 Å². The monoisotopic (exact) mass is 259 g/mol. The molecule has 6 nitrogen and oxygen atoms in total. The zero-order chi connectivity index (χ0) is 13.7. The highest BCUT2D eigenvalue weighted by Crippen LogP contribution is 2.11. The Morgan fingerprint density at radius 3 is 2.68 bits per heavy atom. The van der Waals surface area contributed by atoms with E-state index in [4.69, 9.17) is 0 Å². The van der Waals surface area contributed by atoms with Crippen LogP contribution in [0.2, 0.25) is 0 Å². The number of aromatic amines is 1. The van der Waals surface area contributed by atoms with E-state index in [1.807, 2.05) is 30.3 Å². The lowest BCUT2D eigenvalue weighted by Gasteiger charge is -2.16. The van der Waals surface area contributed by atoms with Crippen molar-refractivity contribution in [2.24, 2.45) is 0 Å². The van der Waals surface area contributed by atoms with Crippen LogP contribution in [0.25, 0.3) is 0 Å². The molecule has 1 heterocycles. The van der Waals surface area contributed by atoms with Crippen LogP contribution in [-0.4, -0.2) is 27.6 Å². The molecule has 1 amide bonds. The average molecular weight is 259 g/mol. The summed E-state index contributed by atoms with van der Waals surface area (Å²) in [6, 6.07) is 8.60. The van der Waals surface area contributed by atoms with E-state index in [0.29, 0.717) is 0 Å². The summed E-state index contributed by atoms with van der Waals surface area (Å²) >= 11 is 0. The lowest BCUT2D eigenvalue weighted by Crippen LogP contribution is -2.31. The van der Waals surface area contributed by atoms with Crippen molar-refractivity contribution in [3.8, 4) is 0 Å². The molecule has 0 unspecified atom stereocenters. The van der Waals surface area contributed by atoms with Gasteiger partial charge in [-0.3, -0.25) is 9.59 Å². The summed E-state index contributed by atoms with van der Waals surface area (Å²) in [6.45, 7) is -0.223. The van der Waals surface area contributed by atoms with Gasteiger partial charge >= 0.3 is 0 Å². The van der Waals surface area contributed by atoms with Crippen LogP contribution in [0.1, 0.15) is 22.1 Å². The number of nitrogens with zero attached hydrogens (tertiary/aromatic N) is 1. The smallest absolute Gasteiger partial charge is 0.271 e. The molecule has 0 aliphatic heterocycles. The standard InChI is InChI=1S/C13H13N3O3/c17-8-11(9-4-2-1-3-5-9)16-13(19)10-6-15-12(18)7-14-10/h1-7,11,17H,8H2,(H,15,18)(H,16,19)/t11-/m1/s1. The maximum atomic E-state index is 11.9. The molecule has 0 saturated carbocycles. The predicted molar refractivity (Wildman–Crippen MR) is 68.6 cm³/mol. The van der Waals surface area contributed by atoms with E-state index in [1.54, 1.807) is 0 Å². The molecule has 0 saturated heterocycles. The van der Waals surface area contributed by atoms with E-state index in [-0.39, 0.29) is 17.9 Å². The first-order valence-corrected chi connectivity index (χ1v) is 5.72. The second-order valence-electron chi connectivity index (χ2n) is 3.92. The van der Waals surface area contributed by atoms with Crippen molar-refractivity contribution in [1.29, 1.82) is 0 Å². The van der Waals surface area contributed by atoms with Gasteiger partial charge in [0.05, 0.1) is 18.8 Å². The minimum Gasteiger partial charge on any atom is -0.394 e. The molecule has 0 fully saturated rings. The first-order chi connectivity index (χ1) is 9.20. The molecular formula is C13H13N3O3. The van der Waals surface area contributed by atoms with Crippen molar-refractivity contribution in [3.63, 3.8) is 0 Å². The van der Waals surface area contributed by atoms with Crippen molar-refractivity contribution in [2.75, 3.05) is 6.61 Å². The van der Waals surface area contributed by atoms with Crippen molar-refractivity contribution >= 4 is 5.91 Å². The summed E-state index contributed by atoms with van der Waals surface area (Å²) in [5.41, 5.74) is 0.509. The highest BCUT2D eigenvalue weighted by molar-refractivity contribution is 5.92. The fraction of sp³-hybridized carbons (Fsp3) is 0.154. The summed E-state index contributed by atoms with van der Waals surface area (Å²) in [5.74, 6) is -0.459. The highest BCUT2D eigenvalue weighted by Gasteiger charge is 2.15. The topological polar surface area (TPSA) is 95.1 Å². The highest BCUT2D eigenvalue weighted by atomic mass is 16.3. The number of hydrogen-bond acceptors (Lipinski definition) is 4. The van der Waals surface area contributed by atoms with Crippen LogP contribution in [-0.2, 0) is 0 Å². The Labute approximate surface area is 109 Å². The van der Waals surface area contributed by atoms with Crippen molar-refractivity contribution in [1.82, 2.24) is 15.3 Å². The molecule has 0 aliphatic carbocycles. The SMILES string of the molecule is O=C(N[C@H](CO)c1ccccc1)c1c[nH]c(=O)cn1. The Balaban J connectivity index is 2.13. The lowest BCUT2D eigenvalue weighted by molar-refractivity contribution is 0.0910. The molecule has 1 aromatic carbocycles. The van der Waals surface area contributed by atoms with Crippen LogP contribution in [0, 0.1) is 0 Å². The van der Waals surface area contributed by atoms with Gasteiger partial charge in [-0.25, -0.2) is 4.98 Å². The first-order valence-electron chi connectivity index (χ1n) is 5.72. The van der Waals surface area contributed by atoms with E-state index in [2.05, 4.69) is 15.3 Å². The van der Waals surface area contributed by atoms with E-state index >= 15 is 0 Å². The molecular weight excluding hydrogens is 246 g/mol. The number of aliphatic hydroxyl groups excluding tert-OH is 1. The number of amides is 1. The quantitative estimate of drug-likeness (QED) is 0.732. The molecule has 98 valence electrons. The summed E-state index contributed by atoms with van der Waals surface area (Å²) in [7, 11) is 0. The van der Waals surface area contributed by atoms with Gasteiger partial charge in [-0.2, -0.15) is 0 Å². The fourth-order valence-corrected chi connectivity index (χ4v) is 1.62. The Morgan fingerprint density at radius 2 is 2.11 bits per heavy atom. The second-order valence-corrected chi connectivity index (χ2v) is 3.92. The van der Waals surface area contributed by atoms with Crippen LogP contribution in [0.5, 0.6) is 0 Å². The van der Waals surface area contributed by atoms with Gasteiger partial charge in [0.15, 0.2) is 0 Å². The van der Waals surface area contributed by atoms with Crippen LogP contribution < -0.4 is 10.9 Å². The third-order valence-electron chi connectivity index (χ3n) is 2.59. The predicted octanol–water partition coefficient (Wildman–Crippen LogP) is 0.233. The Bertz CT molecular complexity index is 590. The van der Waals surface area contributed by atoms with Crippen molar-refractivity contribution in [3.05, 3.63) is 64.3 Å². The maximum absolute atomic E-state index is 11.9. The molecule has 0 radical (unpaired) electrons. The number of nitrogens with one attached hydrogen (secondary N) is 2. The molecule has 6 heteroatoms.